The molecule has 2 N–H and O–H groups in total. The molecule has 0 saturated carbocycles. The van der Waals surface area contributed by atoms with Gasteiger partial charge in [0.25, 0.3) is 5.60 Å². The summed E-state index contributed by atoms with van der Waals surface area (Å²) in [5.41, 5.74) is -3.81. The Bertz CT molecular complexity index is 647. The van der Waals surface area contributed by atoms with Gasteiger partial charge in [0.05, 0.1) is 13.7 Å². The third-order valence-electron chi connectivity index (χ3n) is 3.55. The normalized spacial score (nSPS) is 15.0. The predicted molar refractivity (Wildman–Crippen MR) is 82.9 cm³/mol. The van der Waals surface area contributed by atoms with Crippen molar-refractivity contribution in [2.45, 2.75) is 38.6 Å². The smallest absolute Gasteiger partial charge is 0.432 e. The van der Waals surface area contributed by atoms with Gasteiger partial charge in [-0.1, -0.05) is 12.1 Å². The molecule has 1 rings (SSSR count). The maximum atomic E-state index is 13.2. The quantitative estimate of drug-likeness (QED) is 0.755. The number of ether oxygens (including phenoxy) is 2. The van der Waals surface area contributed by atoms with Crippen LogP contribution in [0.15, 0.2) is 18.2 Å². The van der Waals surface area contributed by atoms with Crippen molar-refractivity contribution in [3.63, 3.8) is 0 Å². The van der Waals surface area contributed by atoms with Gasteiger partial charge in [-0.15, -0.1) is 0 Å². The van der Waals surface area contributed by atoms with E-state index in [1.807, 2.05) is 0 Å². The Labute approximate surface area is 142 Å². The molecule has 2 unspecified atom stereocenters. The van der Waals surface area contributed by atoms with Crippen LogP contribution in [-0.4, -0.2) is 43.0 Å². The minimum absolute atomic E-state index is 0.195. The van der Waals surface area contributed by atoms with Gasteiger partial charge in [0.15, 0.2) is 0 Å². The van der Waals surface area contributed by atoms with E-state index in [0.29, 0.717) is 11.3 Å². The molecule has 0 aliphatic heterocycles. The fourth-order valence-corrected chi connectivity index (χ4v) is 2.16. The van der Waals surface area contributed by atoms with Crippen LogP contribution in [0.3, 0.4) is 0 Å². The van der Waals surface area contributed by atoms with E-state index in [-0.39, 0.29) is 6.61 Å². The zero-order valence-electron chi connectivity index (χ0n) is 14.2. The van der Waals surface area contributed by atoms with Crippen molar-refractivity contribution in [2.24, 2.45) is 0 Å². The Kier molecular flexibility index (Phi) is 6.42. The van der Waals surface area contributed by atoms with Crippen LogP contribution in [0.2, 0.25) is 0 Å². The van der Waals surface area contributed by atoms with Crippen LogP contribution in [0, 0.1) is 6.92 Å². The van der Waals surface area contributed by atoms with Gasteiger partial charge in [-0.3, -0.25) is 0 Å². The van der Waals surface area contributed by atoms with Crippen LogP contribution in [-0.2, 0) is 24.7 Å². The number of aryl methyl sites for hydroxylation is 1. The third kappa shape index (κ3) is 4.22. The van der Waals surface area contributed by atoms with Gasteiger partial charge >= 0.3 is 18.1 Å². The number of rotatable bonds is 6. The number of carbonyl (C=O) groups excluding carboxylic acids is 2. The third-order valence-corrected chi connectivity index (χ3v) is 3.55. The number of benzene rings is 1. The lowest BCUT2D eigenvalue weighted by atomic mass is 9.91. The molecule has 25 heavy (non-hydrogen) atoms. The van der Waals surface area contributed by atoms with Crippen molar-refractivity contribution < 1.29 is 37.3 Å². The summed E-state index contributed by atoms with van der Waals surface area (Å²) in [5, 5.41) is 12.8. The van der Waals surface area contributed by atoms with E-state index < -0.39 is 35.3 Å². The molecule has 0 aliphatic rings. The monoisotopic (exact) mass is 363 g/mol. The molecule has 0 heterocycles. The van der Waals surface area contributed by atoms with Crippen LogP contribution in [0.4, 0.5) is 18.9 Å². The highest BCUT2D eigenvalue weighted by Crippen LogP contribution is 2.40. The van der Waals surface area contributed by atoms with E-state index >= 15 is 0 Å². The topological polar surface area (TPSA) is 84.9 Å². The lowest BCUT2D eigenvalue weighted by Gasteiger charge is -2.28. The molecule has 0 amide bonds. The molecule has 0 spiro atoms. The molecule has 0 bridgehead atoms. The maximum absolute atomic E-state index is 13.2. The van der Waals surface area contributed by atoms with Crippen LogP contribution in [0.25, 0.3) is 0 Å². The zero-order chi connectivity index (χ0) is 19.4. The standard InChI is InChI=1S/C16H20F3NO5/c1-5-25-13(21)10(3)20-12-7-6-11(8-9(12)2)15(23,14(22)24-4)16(17,18)19/h6-8,10,20,23H,5H2,1-4H3. The van der Waals surface area contributed by atoms with Crippen molar-refractivity contribution in [1.82, 2.24) is 0 Å². The van der Waals surface area contributed by atoms with E-state index in [1.54, 1.807) is 6.92 Å². The molecular weight excluding hydrogens is 343 g/mol. The average molecular weight is 363 g/mol. The van der Waals surface area contributed by atoms with Gasteiger partial charge in [0.1, 0.15) is 6.04 Å². The maximum Gasteiger partial charge on any atom is 0.432 e. The number of carbonyl (C=O) groups is 2. The second-order valence-corrected chi connectivity index (χ2v) is 5.35. The predicted octanol–water partition coefficient (Wildman–Crippen LogP) is 2.28. The number of aliphatic hydroxyl groups is 1. The van der Waals surface area contributed by atoms with Crippen molar-refractivity contribution in [1.29, 1.82) is 0 Å². The number of anilines is 1. The van der Waals surface area contributed by atoms with E-state index in [0.717, 1.165) is 19.2 Å². The molecule has 6 nitrogen and oxygen atoms in total. The van der Waals surface area contributed by atoms with Crippen LogP contribution < -0.4 is 5.32 Å². The highest BCUT2D eigenvalue weighted by Gasteiger charge is 2.62. The minimum atomic E-state index is -5.26. The molecule has 0 aromatic heterocycles. The SMILES string of the molecule is CCOC(=O)C(C)Nc1ccc(C(O)(C(=O)OC)C(F)(F)F)cc1C. The van der Waals surface area contributed by atoms with E-state index in [2.05, 4.69) is 10.1 Å². The molecule has 1 aromatic carbocycles. The number of hydrogen-bond acceptors (Lipinski definition) is 6. The van der Waals surface area contributed by atoms with Crippen LogP contribution >= 0.6 is 0 Å². The van der Waals surface area contributed by atoms with Crippen molar-refractivity contribution in [3.05, 3.63) is 29.3 Å². The fraction of sp³-hybridized carbons (Fsp3) is 0.500. The first kappa shape index (κ1) is 20.8. The van der Waals surface area contributed by atoms with E-state index in [1.165, 1.54) is 19.9 Å². The number of alkyl halides is 3. The van der Waals surface area contributed by atoms with Crippen molar-refractivity contribution >= 4 is 17.6 Å². The summed E-state index contributed by atoms with van der Waals surface area (Å²) in [5.74, 6) is -2.35. The fourth-order valence-electron chi connectivity index (χ4n) is 2.16. The van der Waals surface area contributed by atoms with Gasteiger partial charge in [-0.2, -0.15) is 13.2 Å². The first-order valence-corrected chi connectivity index (χ1v) is 7.40. The number of halogens is 3. The summed E-state index contributed by atoms with van der Waals surface area (Å²) < 4.78 is 48.6. The molecule has 2 atom stereocenters. The second-order valence-electron chi connectivity index (χ2n) is 5.35. The minimum Gasteiger partial charge on any atom is -0.466 e. The van der Waals surface area contributed by atoms with Crippen molar-refractivity contribution in [2.75, 3.05) is 19.0 Å². The lowest BCUT2D eigenvalue weighted by molar-refractivity contribution is -0.266. The lowest BCUT2D eigenvalue weighted by Crippen LogP contribution is -2.49. The molecule has 1 aromatic rings. The molecular formula is C16H20F3NO5. The summed E-state index contributed by atoms with van der Waals surface area (Å²) in [7, 11) is 0.753. The Balaban J connectivity index is 3.20. The molecule has 0 aliphatic carbocycles. The van der Waals surface area contributed by atoms with Crippen LogP contribution in [0.5, 0.6) is 0 Å². The summed E-state index contributed by atoms with van der Waals surface area (Å²) in [6.45, 7) is 4.85. The molecule has 9 heteroatoms. The van der Waals surface area contributed by atoms with Crippen LogP contribution in [0.1, 0.15) is 25.0 Å². The first-order valence-electron chi connectivity index (χ1n) is 7.40. The van der Waals surface area contributed by atoms with Gasteiger partial charge in [0, 0.05) is 11.3 Å². The zero-order valence-corrected chi connectivity index (χ0v) is 14.2. The Morgan fingerprint density at radius 2 is 1.92 bits per heavy atom. The first-order chi connectivity index (χ1) is 11.5. The molecule has 0 saturated heterocycles. The van der Waals surface area contributed by atoms with Gasteiger partial charge in [-0.05, 0) is 32.4 Å². The Morgan fingerprint density at radius 3 is 2.36 bits per heavy atom. The number of nitrogens with one attached hydrogen (secondary N) is 1. The Hall–Kier alpha value is -2.29. The Morgan fingerprint density at radius 1 is 1.32 bits per heavy atom. The largest absolute Gasteiger partial charge is 0.466 e. The van der Waals surface area contributed by atoms with E-state index in [9.17, 15) is 27.9 Å². The molecule has 0 radical (unpaired) electrons. The molecule has 140 valence electrons. The van der Waals surface area contributed by atoms with Gasteiger partial charge in [-0.25, -0.2) is 9.59 Å². The summed E-state index contributed by atoms with van der Waals surface area (Å²) in [6, 6.07) is 2.45. The summed E-state index contributed by atoms with van der Waals surface area (Å²) in [4.78, 5) is 23.2. The molecule has 0 fully saturated rings. The number of esters is 2. The number of methoxy groups -OCH3 is 1. The van der Waals surface area contributed by atoms with Gasteiger partial charge < -0.3 is 19.9 Å². The second kappa shape index (κ2) is 7.73. The van der Waals surface area contributed by atoms with Gasteiger partial charge in [0.2, 0.25) is 0 Å². The van der Waals surface area contributed by atoms with E-state index in [4.69, 9.17) is 4.74 Å². The average Bonchev–Trinajstić information content (AvgIpc) is 2.54. The van der Waals surface area contributed by atoms with Crippen molar-refractivity contribution in [3.8, 4) is 0 Å². The number of hydrogen-bond donors (Lipinski definition) is 2. The highest BCUT2D eigenvalue weighted by molar-refractivity contribution is 5.83. The summed E-state index contributed by atoms with van der Waals surface area (Å²) in [6.07, 6.45) is -5.26. The summed E-state index contributed by atoms with van der Waals surface area (Å²) >= 11 is 0. The highest BCUT2D eigenvalue weighted by atomic mass is 19.4.